The average Bonchev–Trinajstić information content (AvgIpc) is 3.06. The van der Waals surface area contributed by atoms with Gasteiger partial charge >= 0.3 is 5.97 Å². The van der Waals surface area contributed by atoms with Crippen molar-refractivity contribution >= 4 is 36.6 Å². The van der Waals surface area contributed by atoms with E-state index in [-0.39, 0.29) is 11.7 Å². The number of cyclic esters (lactones) is 1. The van der Waals surface area contributed by atoms with Crippen LogP contribution in [-0.2, 0) is 14.3 Å². The Balaban J connectivity index is 1.94. The Morgan fingerprint density at radius 1 is 0.875 bits per heavy atom. The number of amides is 1. The first-order chi connectivity index (χ1) is 11.6. The summed E-state index contributed by atoms with van der Waals surface area (Å²) in [7, 11) is 7.36. The van der Waals surface area contributed by atoms with Crippen molar-refractivity contribution in [3.63, 3.8) is 0 Å². The van der Waals surface area contributed by atoms with Gasteiger partial charge in [-0.25, -0.2) is 4.79 Å². The van der Waals surface area contributed by atoms with Gasteiger partial charge in [-0.2, -0.15) is 0 Å². The number of esters is 1. The van der Waals surface area contributed by atoms with E-state index in [0.29, 0.717) is 27.9 Å². The monoisotopic (exact) mass is 313 g/mol. The highest BCUT2D eigenvalue weighted by molar-refractivity contribution is 6.32. The van der Waals surface area contributed by atoms with Gasteiger partial charge in [-0.3, -0.25) is 4.79 Å². The molecule has 2 radical (unpaired) electrons. The van der Waals surface area contributed by atoms with E-state index in [2.05, 4.69) is 0 Å². The van der Waals surface area contributed by atoms with Crippen molar-refractivity contribution in [1.29, 1.82) is 0 Å². The van der Waals surface area contributed by atoms with Crippen molar-refractivity contribution in [1.82, 2.24) is 4.90 Å². The Morgan fingerprint density at radius 3 is 2.21 bits per heavy atom. The van der Waals surface area contributed by atoms with E-state index >= 15 is 0 Å². The Labute approximate surface area is 140 Å². The summed E-state index contributed by atoms with van der Waals surface area (Å²) < 4.78 is 5.42. The van der Waals surface area contributed by atoms with Gasteiger partial charge in [0.15, 0.2) is 5.76 Å². The van der Waals surface area contributed by atoms with Crippen LogP contribution in [0.1, 0.15) is 11.1 Å². The molecule has 1 amide bonds. The fourth-order valence-electron chi connectivity index (χ4n) is 3.04. The molecule has 0 saturated heterocycles. The largest absolute Gasteiger partial charge is 0.421 e. The standard InChI is InChI=1S/C19H12BNO3/c1-21-16(11-5-3-2-4-6-11)14-15(18(21)22)17(24-19(14)23)12-7-9-13(20)10-8-12/h2-10H,1H3. The van der Waals surface area contributed by atoms with Crippen molar-refractivity contribution in [3.8, 4) is 0 Å². The van der Waals surface area contributed by atoms with Gasteiger partial charge in [0.25, 0.3) is 5.91 Å². The lowest BCUT2D eigenvalue weighted by Crippen LogP contribution is -2.21. The lowest BCUT2D eigenvalue weighted by atomic mass is 9.94. The third-order valence-electron chi connectivity index (χ3n) is 4.19. The molecule has 2 aliphatic rings. The molecule has 2 aromatic rings. The molecular formula is C19H12BNO3. The first-order valence-electron chi connectivity index (χ1n) is 7.48. The minimum atomic E-state index is -0.506. The maximum Gasteiger partial charge on any atom is 0.346 e. The number of fused-ring (bicyclic) bond motifs is 1. The molecule has 5 heteroatoms. The smallest absolute Gasteiger partial charge is 0.346 e. The molecule has 0 atom stereocenters. The topological polar surface area (TPSA) is 46.6 Å². The molecule has 0 spiro atoms. The number of carbonyl (C=O) groups is 2. The zero-order chi connectivity index (χ0) is 16.8. The third kappa shape index (κ3) is 2.02. The summed E-state index contributed by atoms with van der Waals surface area (Å²) in [5.74, 6) is -0.465. The highest BCUT2D eigenvalue weighted by Gasteiger charge is 2.45. The van der Waals surface area contributed by atoms with Gasteiger partial charge < -0.3 is 9.64 Å². The van der Waals surface area contributed by atoms with Crippen molar-refractivity contribution in [2.24, 2.45) is 0 Å². The van der Waals surface area contributed by atoms with Crippen molar-refractivity contribution in [2.75, 3.05) is 7.05 Å². The second-order valence-electron chi connectivity index (χ2n) is 5.67. The van der Waals surface area contributed by atoms with E-state index in [9.17, 15) is 9.59 Å². The highest BCUT2D eigenvalue weighted by atomic mass is 16.5. The number of rotatable bonds is 2. The highest BCUT2D eigenvalue weighted by Crippen LogP contribution is 2.44. The van der Waals surface area contributed by atoms with Crippen LogP contribution in [-0.4, -0.2) is 31.7 Å². The van der Waals surface area contributed by atoms with Gasteiger partial charge in [0.2, 0.25) is 0 Å². The van der Waals surface area contributed by atoms with Crippen LogP contribution in [0.15, 0.2) is 65.7 Å². The van der Waals surface area contributed by atoms with Gasteiger partial charge in [-0.1, -0.05) is 60.1 Å². The van der Waals surface area contributed by atoms with Gasteiger partial charge in [-0.05, 0) is 5.56 Å². The summed E-state index contributed by atoms with van der Waals surface area (Å²) in [6.45, 7) is 0. The quantitative estimate of drug-likeness (QED) is 0.625. The Bertz CT molecular complexity index is 927. The molecule has 0 aliphatic carbocycles. The number of benzene rings is 2. The van der Waals surface area contributed by atoms with Crippen molar-refractivity contribution in [3.05, 3.63) is 76.9 Å². The zero-order valence-electron chi connectivity index (χ0n) is 12.9. The molecule has 0 aromatic heterocycles. The van der Waals surface area contributed by atoms with E-state index in [1.54, 1.807) is 31.3 Å². The van der Waals surface area contributed by atoms with Crippen LogP contribution < -0.4 is 5.46 Å². The maximum atomic E-state index is 12.7. The minimum absolute atomic E-state index is 0.249. The lowest BCUT2D eigenvalue weighted by Gasteiger charge is -2.15. The predicted molar refractivity (Wildman–Crippen MR) is 91.0 cm³/mol. The second kappa shape index (κ2) is 5.23. The molecule has 2 heterocycles. The molecule has 0 bridgehead atoms. The number of ether oxygens (including phenoxy) is 1. The molecule has 0 N–H and O–H groups in total. The molecule has 114 valence electrons. The van der Waals surface area contributed by atoms with E-state index in [4.69, 9.17) is 12.6 Å². The molecule has 24 heavy (non-hydrogen) atoms. The number of hydrogen-bond acceptors (Lipinski definition) is 3. The lowest BCUT2D eigenvalue weighted by molar-refractivity contribution is -0.131. The maximum absolute atomic E-state index is 12.7. The van der Waals surface area contributed by atoms with E-state index in [0.717, 1.165) is 5.56 Å². The Morgan fingerprint density at radius 2 is 1.54 bits per heavy atom. The third-order valence-corrected chi connectivity index (χ3v) is 4.19. The van der Waals surface area contributed by atoms with E-state index < -0.39 is 5.97 Å². The predicted octanol–water partition coefficient (Wildman–Crippen LogP) is 1.63. The van der Waals surface area contributed by atoms with E-state index in [1.807, 2.05) is 30.3 Å². The van der Waals surface area contributed by atoms with Crippen LogP contribution in [0.5, 0.6) is 0 Å². The molecule has 4 nitrogen and oxygen atoms in total. The van der Waals surface area contributed by atoms with Gasteiger partial charge in [-0.15, -0.1) is 0 Å². The average molecular weight is 313 g/mol. The van der Waals surface area contributed by atoms with Gasteiger partial charge in [0.1, 0.15) is 13.4 Å². The van der Waals surface area contributed by atoms with Crippen LogP contribution in [0.3, 0.4) is 0 Å². The Hall–Kier alpha value is -3.08. The number of hydrogen-bond donors (Lipinski definition) is 0. The molecular weight excluding hydrogens is 301 g/mol. The summed E-state index contributed by atoms with van der Waals surface area (Å²) >= 11 is 0. The summed E-state index contributed by atoms with van der Waals surface area (Å²) in [5.41, 5.74) is 3.26. The van der Waals surface area contributed by atoms with Crippen LogP contribution >= 0.6 is 0 Å². The summed E-state index contributed by atoms with van der Waals surface area (Å²) in [4.78, 5) is 26.7. The SMILES string of the molecule is [B]c1ccc(C2=C3C(=O)N(C)C(c4ccccc4)=C3C(=O)O2)cc1. The first-order valence-corrected chi connectivity index (χ1v) is 7.48. The van der Waals surface area contributed by atoms with Crippen LogP contribution in [0, 0.1) is 0 Å². The second-order valence-corrected chi connectivity index (χ2v) is 5.67. The summed E-state index contributed by atoms with van der Waals surface area (Å²) in [6.07, 6.45) is 0. The number of carbonyl (C=O) groups excluding carboxylic acids is 2. The van der Waals surface area contributed by atoms with Crippen molar-refractivity contribution in [2.45, 2.75) is 0 Å². The number of nitrogens with zero attached hydrogens (tertiary/aromatic N) is 1. The molecule has 0 unspecified atom stereocenters. The summed E-state index contributed by atoms with van der Waals surface area (Å²) in [6, 6.07) is 16.2. The first kappa shape index (κ1) is 14.5. The van der Waals surface area contributed by atoms with Crippen molar-refractivity contribution < 1.29 is 14.3 Å². The number of likely N-dealkylation sites (N-methyl/N-ethyl adjacent to an activating group) is 1. The molecule has 2 aliphatic heterocycles. The molecule has 0 saturated carbocycles. The van der Waals surface area contributed by atoms with Gasteiger partial charge in [0.05, 0.1) is 11.3 Å². The fourth-order valence-corrected chi connectivity index (χ4v) is 3.04. The van der Waals surface area contributed by atoms with Gasteiger partial charge in [0, 0.05) is 12.6 Å². The molecule has 2 aromatic carbocycles. The van der Waals surface area contributed by atoms with Crippen LogP contribution in [0.2, 0.25) is 0 Å². The zero-order valence-corrected chi connectivity index (χ0v) is 12.9. The minimum Gasteiger partial charge on any atom is -0.421 e. The Kier molecular flexibility index (Phi) is 3.16. The summed E-state index contributed by atoms with van der Waals surface area (Å²) in [5, 5.41) is 0. The molecule has 0 fully saturated rings. The normalized spacial score (nSPS) is 16.8. The van der Waals surface area contributed by atoms with Crippen LogP contribution in [0.4, 0.5) is 0 Å². The van der Waals surface area contributed by atoms with E-state index in [1.165, 1.54) is 4.90 Å². The fraction of sp³-hybridized carbons (Fsp3) is 0.0526. The molecule has 4 rings (SSSR count). The van der Waals surface area contributed by atoms with Crippen LogP contribution in [0.25, 0.3) is 11.5 Å².